The number of thiazole rings is 1. The fourth-order valence-electron chi connectivity index (χ4n) is 1.06. The molecule has 0 spiro atoms. The molecule has 3 N–H and O–H groups in total. The summed E-state index contributed by atoms with van der Waals surface area (Å²) in [5.74, 6) is -1.21. The van der Waals surface area contributed by atoms with Gasteiger partial charge in [-0.3, -0.25) is 9.59 Å². The zero-order valence-electron chi connectivity index (χ0n) is 8.84. The molecular weight excluding hydrogens is 230 g/mol. The van der Waals surface area contributed by atoms with Crippen LogP contribution in [0, 0.1) is 0 Å². The van der Waals surface area contributed by atoms with E-state index in [4.69, 9.17) is 10.8 Å². The Labute approximate surface area is 96.7 Å². The summed E-state index contributed by atoms with van der Waals surface area (Å²) in [5.41, 5.74) is 5.70. The van der Waals surface area contributed by atoms with Gasteiger partial charge in [-0.05, 0) is 0 Å². The lowest BCUT2D eigenvalue weighted by Gasteiger charge is -2.13. The van der Waals surface area contributed by atoms with Crippen molar-refractivity contribution >= 4 is 23.2 Å². The Bertz CT molecular complexity index is 391. The van der Waals surface area contributed by atoms with Crippen molar-refractivity contribution in [2.24, 2.45) is 5.73 Å². The topological polar surface area (TPSA) is 96.5 Å². The van der Waals surface area contributed by atoms with Crippen molar-refractivity contribution in [2.45, 2.75) is 13.0 Å². The second-order valence-corrected chi connectivity index (χ2v) is 4.14. The van der Waals surface area contributed by atoms with Crippen molar-refractivity contribution in [2.75, 3.05) is 13.6 Å². The fourth-order valence-corrected chi connectivity index (χ4v) is 1.71. The van der Waals surface area contributed by atoms with Gasteiger partial charge in [-0.15, -0.1) is 11.3 Å². The van der Waals surface area contributed by atoms with Crippen LogP contribution >= 0.6 is 11.3 Å². The highest BCUT2D eigenvalue weighted by Crippen LogP contribution is 2.10. The van der Waals surface area contributed by atoms with Crippen LogP contribution in [0.25, 0.3) is 0 Å². The van der Waals surface area contributed by atoms with E-state index in [2.05, 4.69) is 4.98 Å². The SMILES string of the molecule is CN(CCC(=O)O)C(=O)c1csc(CN)n1. The summed E-state index contributed by atoms with van der Waals surface area (Å²) in [4.78, 5) is 27.4. The minimum Gasteiger partial charge on any atom is -0.481 e. The zero-order valence-corrected chi connectivity index (χ0v) is 9.66. The van der Waals surface area contributed by atoms with Crippen LogP contribution in [-0.4, -0.2) is 40.5 Å². The van der Waals surface area contributed by atoms with Gasteiger partial charge in [0, 0.05) is 25.5 Å². The van der Waals surface area contributed by atoms with Crippen molar-refractivity contribution in [3.63, 3.8) is 0 Å². The molecule has 1 aromatic rings. The molecule has 1 aromatic heterocycles. The Hall–Kier alpha value is -1.47. The predicted molar refractivity (Wildman–Crippen MR) is 59.2 cm³/mol. The number of aromatic nitrogens is 1. The van der Waals surface area contributed by atoms with Gasteiger partial charge in [0.1, 0.15) is 10.7 Å². The second-order valence-electron chi connectivity index (χ2n) is 3.20. The smallest absolute Gasteiger partial charge is 0.305 e. The number of carboxylic acids is 1. The molecule has 0 unspecified atom stereocenters. The molecule has 6 nitrogen and oxygen atoms in total. The maximum absolute atomic E-state index is 11.7. The maximum Gasteiger partial charge on any atom is 0.305 e. The summed E-state index contributed by atoms with van der Waals surface area (Å²) in [6.45, 7) is 0.473. The number of hydrogen-bond donors (Lipinski definition) is 2. The molecule has 0 aromatic carbocycles. The van der Waals surface area contributed by atoms with Crippen LogP contribution in [0.5, 0.6) is 0 Å². The Morgan fingerprint density at radius 3 is 2.81 bits per heavy atom. The third-order valence-corrected chi connectivity index (χ3v) is 2.82. The van der Waals surface area contributed by atoms with E-state index in [0.717, 1.165) is 0 Å². The average molecular weight is 243 g/mol. The second kappa shape index (κ2) is 5.57. The van der Waals surface area contributed by atoms with Gasteiger partial charge >= 0.3 is 5.97 Å². The standard InChI is InChI=1S/C9H13N3O3S/c1-12(3-2-8(13)14)9(15)6-5-16-7(4-10)11-6/h5H,2-4,10H2,1H3,(H,13,14). The van der Waals surface area contributed by atoms with Gasteiger partial charge in [0.05, 0.1) is 6.42 Å². The summed E-state index contributed by atoms with van der Waals surface area (Å²) in [7, 11) is 1.55. The number of aliphatic carboxylic acids is 1. The molecule has 7 heteroatoms. The molecule has 16 heavy (non-hydrogen) atoms. The van der Waals surface area contributed by atoms with Crippen molar-refractivity contribution in [1.82, 2.24) is 9.88 Å². The van der Waals surface area contributed by atoms with Gasteiger partial charge in [0.25, 0.3) is 5.91 Å². The molecule has 0 saturated heterocycles. The average Bonchev–Trinajstić information content (AvgIpc) is 2.73. The minimum absolute atomic E-state index is 0.0733. The highest BCUT2D eigenvalue weighted by Gasteiger charge is 2.15. The first-order valence-electron chi connectivity index (χ1n) is 4.66. The largest absolute Gasteiger partial charge is 0.481 e. The normalized spacial score (nSPS) is 10.1. The number of rotatable bonds is 5. The van der Waals surface area contributed by atoms with Crippen LogP contribution in [0.1, 0.15) is 21.9 Å². The van der Waals surface area contributed by atoms with E-state index in [1.807, 2.05) is 0 Å². The number of amides is 1. The summed E-state index contributed by atoms with van der Waals surface area (Å²) < 4.78 is 0. The molecule has 1 amide bonds. The van der Waals surface area contributed by atoms with Crippen molar-refractivity contribution in [1.29, 1.82) is 0 Å². The van der Waals surface area contributed by atoms with E-state index in [-0.39, 0.29) is 18.9 Å². The van der Waals surface area contributed by atoms with Crippen molar-refractivity contribution in [3.8, 4) is 0 Å². The highest BCUT2D eigenvalue weighted by molar-refractivity contribution is 7.09. The van der Waals surface area contributed by atoms with Gasteiger partial charge in [-0.1, -0.05) is 0 Å². The Morgan fingerprint density at radius 1 is 1.62 bits per heavy atom. The predicted octanol–water partition coefficient (Wildman–Crippen LogP) is 0.148. The van der Waals surface area contributed by atoms with Gasteiger partial charge in [0.15, 0.2) is 0 Å². The first kappa shape index (κ1) is 12.6. The van der Waals surface area contributed by atoms with Gasteiger partial charge in [0.2, 0.25) is 0 Å². The van der Waals surface area contributed by atoms with Crippen LogP contribution in [0.2, 0.25) is 0 Å². The van der Waals surface area contributed by atoms with Crippen LogP contribution < -0.4 is 5.73 Å². The third-order valence-electron chi connectivity index (χ3n) is 1.95. The summed E-state index contributed by atoms with van der Waals surface area (Å²) in [6.07, 6.45) is -0.0733. The molecule has 88 valence electrons. The molecule has 1 heterocycles. The first-order valence-corrected chi connectivity index (χ1v) is 5.54. The van der Waals surface area contributed by atoms with E-state index in [1.54, 1.807) is 12.4 Å². The molecule has 0 saturated carbocycles. The minimum atomic E-state index is -0.930. The molecule has 0 aliphatic carbocycles. The number of carbonyl (C=O) groups excluding carboxylic acids is 1. The Kier molecular flexibility index (Phi) is 4.39. The lowest BCUT2D eigenvalue weighted by atomic mass is 10.3. The lowest BCUT2D eigenvalue weighted by molar-refractivity contribution is -0.137. The van der Waals surface area contributed by atoms with Crippen LogP contribution in [0.3, 0.4) is 0 Å². The number of carbonyl (C=O) groups is 2. The number of nitrogens with zero attached hydrogens (tertiary/aromatic N) is 2. The van der Waals surface area contributed by atoms with E-state index < -0.39 is 5.97 Å². The molecule has 0 atom stereocenters. The molecule has 1 rings (SSSR count). The number of carboxylic acid groups (broad SMARTS) is 1. The summed E-state index contributed by atoms with van der Waals surface area (Å²) in [6, 6.07) is 0. The highest BCUT2D eigenvalue weighted by atomic mass is 32.1. The molecule has 0 aliphatic heterocycles. The number of hydrogen-bond acceptors (Lipinski definition) is 5. The summed E-state index contributed by atoms with van der Waals surface area (Å²) >= 11 is 1.32. The van der Waals surface area contributed by atoms with Gasteiger partial charge in [-0.2, -0.15) is 0 Å². The van der Waals surface area contributed by atoms with Gasteiger partial charge in [-0.25, -0.2) is 4.98 Å². The lowest BCUT2D eigenvalue weighted by Crippen LogP contribution is -2.29. The monoisotopic (exact) mass is 243 g/mol. The molecule has 0 fully saturated rings. The van der Waals surface area contributed by atoms with Crippen molar-refractivity contribution < 1.29 is 14.7 Å². The van der Waals surface area contributed by atoms with Crippen LogP contribution in [0.4, 0.5) is 0 Å². The fraction of sp³-hybridized carbons (Fsp3) is 0.444. The van der Waals surface area contributed by atoms with Gasteiger partial charge < -0.3 is 15.7 Å². The first-order chi connectivity index (χ1) is 7.54. The van der Waals surface area contributed by atoms with Crippen LogP contribution in [0.15, 0.2) is 5.38 Å². The van der Waals surface area contributed by atoms with E-state index in [0.29, 0.717) is 17.2 Å². The zero-order chi connectivity index (χ0) is 12.1. The van der Waals surface area contributed by atoms with E-state index in [1.165, 1.54) is 16.2 Å². The number of nitrogens with two attached hydrogens (primary N) is 1. The molecule has 0 radical (unpaired) electrons. The molecular formula is C9H13N3O3S. The molecule has 0 aliphatic rings. The van der Waals surface area contributed by atoms with Crippen LogP contribution in [-0.2, 0) is 11.3 Å². The quantitative estimate of drug-likeness (QED) is 0.767. The van der Waals surface area contributed by atoms with E-state index >= 15 is 0 Å². The summed E-state index contributed by atoms with van der Waals surface area (Å²) in [5, 5.41) is 10.8. The Balaban J connectivity index is 2.59. The maximum atomic E-state index is 11.7. The van der Waals surface area contributed by atoms with Crippen molar-refractivity contribution in [3.05, 3.63) is 16.1 Å². The van der Waals surface area contributed by atoms with E-state index in [9.17, 15) is 9.59 Å². The molecule has 0 bridgehead atoms. The Morgan fingerprint density at radius 2 is 2.31 bits per heavy atom. The third kappa shape index (κ3) is 3.28.